The first-order chi connectivity index (χ1) is 22.8. The smallest absolute Gasteiger partial charge is 0.416 e. The average Bonchev–Trinajstić information content (AvgIpc) is 3.08. The van der Waals surface area contributed by atoms with Gasteiger partial charge in [-0.1, -0.05) is 11.6 Å². The standard InChI is InChI=1S/C28H30ClF3N2O4S.C6H11NO2/c1-38-19-4-7-23-21(16-19)25(22(29)17-33-23)24(35)8-9-27(26(36)37)10-12-34(13-11-27)14-15-39-20-5-2-18(3-6-20)28(30,31)32;8-6(9)5-1-3-7-4-2-5/h2-7,16-17,24,35H,8-15H2,1H3,(H,36,37);5,7H,1-4H2,(H,8,9). The molecule has 262 valence electrons. The van der Waals surface area contributed by atoms with E-state index in [4.69, 9.17) is 21.4 Å². The number of aliphatic hydroxyl groups excluding tert-OH is 1. The van der Waals surface area contributed by atoms with Crippen molar-refractivity contribution in [2.45, 2.75) is 55.7 Å². The van der Waals surface area contributed by atoms with E-state index in [0.717, 1.165) is 43.0 Å². The lowest BCUT2D eigenvalue weighted by atomic mass is 9.74. The van der Waals surface area contributed by atoms with Crippen LogP contribution in [0.2, 0.25) is 5.02 Å². The van der Waals surface area contributed by atoms with Gasteiger partial charge in [-0.05, 0) is 107 Å². The number of likely N-dealkylation sites (tertiary alicyclic amines) is 1. The highest BCUT2D eigenvalue weighted by molar-refractivity contribution is 7.99. The summed E-state index contributed by atoms with van der Waals surface area (Å²) in [7, 11) is 1.55. The van der Waals surface area contributed by atoms with Gasteiger partial charge in [0.15, 0.2) is 0 Å². The molecule has 48 heavy (non-hydrogen) atoms. The maximum Gasteiger partial charge on any atom is 0.416 e. The third-order valence-corrected chi connectivity index (χ3v) is 10.4. The number of hydrogen-bond acceptors (Lipinski definition) is 8. The number of methoxy groups -OCH3 is 1. The predicted molar refractivity (Wildman–Crippen MR) is 179 cm³/mol. The Morgan fingerprint density at radius 1 is 1.12 bits per heavy atom. The summed E-state index contributed by atoms with van der Waals surface area (Å²) in [6.45, 7) is 3.59. The molecule has 2 fully saturated rings. The van der Waals surface area contributed by atoms with Crippen molar-refractivity contribution in [2.24, 2.45) is 11.3 Å². The molecule has 1 unspecified atom stereocenters. The number of aliphatic hydroxyl groups is 1. The molecule has 2 saturated heterocycles. The summed E-state index contributed by atoms with van der Waals surface area (Å²) in [4.78, 5) is 29.9. The Hall–Kier alpha value is -3.10. The van der Waals surface area contributed by atoms with E-state index in [1.165, 1.54) is 30.1 Å². The van der Waals surface area contributed by atoms with E-state index >= 15 is 0 Å². The summed E-state index contributed by atoms with van der Waals surface area (Å²) in [5.74, 6) is -0.323. The molecule has 14 heteroatoms. The Kier molecular flexibility index (Phi) is 13.4. The van der Waals surface area contributed by atoms with Gasteiger partial charge in [0.25, 0.3) is 0 Å². The molecule has 3 aromatic rings. The number of hydrogen-bond donors (Lipinski definition) is 4. The topological polar surface area (TPSA) is 132 Å². The molecule has 0 aliphatic carbocycles. The highest BCUT2D eigenvalue weighted by Crippen LogP contribution is 2.41. The number of fused-ring (bicyclic) bond motifs is 1. The number of alkyl halides is 3. The molecule has 1 aromatic heterocycles. The zero-order chi connectivity index (χ0) is 34.9. The van der Waals surface area contributed by atoms with Crippen LogP contribution < -0.4 is 10.1 Å². The van der Waals surface area contributed by atoms with Crippen LogP contribution in [-0.2, 0) is 15.8 Å². The lowest BCUT2D eigenvalue weighted by Crippen LogP contribution is -2.45. The van der Waals surface area contributed by atoms with Crippen LogP contribution in [0, 0.1) is 11.3 Å². The van der Waals surface area contributed by atoms with Crippen molar-refractivity contribution in [2.75, 3.05) is 45.6 Å². The van der Waals surface area contributed by atoms with Crippen molar-refractivity contribution in [3.05, 3.63) is 64.8 Å². The second-order valence-electron chi connectivity index (χ2n) is 12.1. The van der Waals surface area contributed by atoms with Crippen molar-refractivity contribution < 1.29 is 42.8 Å². The number of carboxylic acids is 2. The Morgan fingerprint density at radius 2 is 1.79 bits per heavy atom. The van der Waals surface area contributed by atoms with Crippen molar-refractivity contribution in [3.63, 3.8) is 0 Å². The van der Waals surface area contributed by atoms with Crippen LogP contribution >= 0.6 is 23.4 Å². The molecule has 2 aliphatic rings. The lowest BCUT2D eigenvalue weighted by molar-refractivity contribution is -0.153. The van der Waals surface area contributed by atoms with Crippen molar-refractivity contribution in [1.29, 1.82) is 0 Å². The summed E-state index contributed by atoms with van der Waals surface area (Å²) >= 11 is 7.88. The van der Waals surface area contributed by atoms with E-state index in [2.05, 4.69) is 15.2 Å². The highest BCUT2D eigenvalue weighted by atomic mass is 35.5. The average molecular weight is 712 g/mol. The van der Waals surface area contributed by atoms with Gasteiger partial charge >= 0.3 is 18.1 Å². The molecule has 0 spiro atoms. The fourth-order valence-corrected chi connectivity index (χ4v) is 7.26. The third kappa shape index (κ3) is 9.97. The summed E-state index contributed by atoms with van der Waals surface area (Å²) in [5, 5.41) is 33.8. The van der Waals surface area contributed by atoms with Crippen LogP contribution in [0.4, 0.5) is 13.2 Å². The summed E-state index contributed by atoms with van der Waals surface area (Å²) in [6.07, 6.45) is -0.849. The van der Waals surface area contributed by atoms with Crippen LogP contribution in [0.1, 0.15) is 55.8 Å². The number of benzene rings is 2. The van der Waals surface area contributed by atoms with Crippen molar-refractivity contribution in [1.82, 2.24) is 15.2 Å². The van der Waals surface area contributed by atoms with Gasteiger partial charge in [-0.2, -0.15) is 13.2 Å². The van der Waals surface area contributed by atoms with Crippen LogP contribution in [0.5, 0.6) is 5.75 Å². The van der Waals surface area contributed by atoms with Crippen LogP contribution in [0.15, 0.2) is 53.6 Å². The number of aromatic nitrogens is 1. The molecule has 4 N–H and O–H groups in total. The van der Waals surface area contributed by atoms with E-state index < -0.39 is 35.2 Å². The largest absolute Gasteiger partial charge is 0.497 e. The molecule has 0 saturated carbocycles. The number of halogens is 4. The normalized spacial score (nSPS) is 17.7. The minimum Gasteiger partial charge on any atom is -0.497 e. The molecule has 1 atom stereocenters. The maximum absolute atomic E-state index is 12.7. The van der Waals surface area contributed by atoms with Crippen molar-refractivity contribution in [3.8, 4) is 5.75 Å². The van der Waals surface area contributed by atoms with Gasteiger partial charge in [-0.25, -0.2) is 0 Å². The van der Waals surface area contributed by atoms with Gasteiger partial charge in [0.05, 0.1) is 40.6 Å². The number of pyridine rings is 1. The molecule has 0 radical (unpaired) electrons. The zero-order valence-electron chi connectivity index (χ0n) is 26.6. The van der Waals surface area contributed by atoms with E-state index in [0.29, 0.717) is 71.9 Å². The van der Waals surface area contributed by atoms with Gasteiger partial charge in [-0.3, -0.25) is 14.6 Å². The second-order valence-corrected chi connectivity index (χ2v) is 13.7. The Labute approximate surface area is 286 Å². The molecule has 2 aromatic carbocycles. The van der Waals surface area contributed by atoms with E-state index in [9.17, 15) is 33.0 Å². The quantitative estimate of drug-likeness (QED) is 0.158. The highest BCUT2D eigenvalue weighted by Gasteiger charge is 2.41. The number of piperidine rings is 2. The summed E-state index contributed by atoms with van der Waals surface area (Å²) in [5.41, 5.74) is -0.453. The number of rotatable bonds is 11. The first kappa shape index (κ1) is 37.7. The first-order valence-corrected chi connectivity index (χ1v) is 17.2. The van der Waals surface area contributed by atoms with Gasteiger partial charge in [0.1, 0.15) is 5.75 Å². The SMILES string of the molecule is COc1ccc2ncc(Cl)c(C(O)CCC3(C(=O)O)CCN(CCSc4ccc(C(F)(F)F)cc4)CC3)c2c1.O=C(O)C1CCNCC1. The Balaban J connectivity index is 0.000000500. The number of ether oxygens (including phenoxy) is 1. The molecule has 5 rings (SSSR count). The minimum atomic E-state index is -4.35. The molecular formula is C34H41ClF3N3O6S. The monoisotopic (exact) mass is 711 g/mol. The lowest BCUT2D eigenvalue weighted by Gasteiger charge is -2.39. The number of carboxylic acid groups (broad SMARTS) is 2. The third-order valence-electron chi connectivity index (χ3n) is 9.11. The molecule has 0 bridgehead atoms. The fraction of sp³-hybridized carbons (Fsp3) is 0.500. The van der Waals surface area contributed by atoms with Crippen LogP contribution in [0.25, 0.3) is 10.9 Å². The van der Waals surface area contributed by atoms with Gasteiger partial charge in [-0.15, -0.1) is 11.8 Å². The number of nitrogens with zero attached hydrogens (tertiary/aromatic N) is 2. The summed E-state index contributed by atoms with van der Waals surface area (Å²) in [6, 6.07) is 10.4. The Bertz CT molecular complexity index is 1530. The minimum absolute atomic E-state index is 0.0914. The van der Waals surface area contributed by atoms with E-state index in [-0.39, 0.29) is 12.3 Å². The molecule has 9 nitrogen and oxygen atoms in total. The van der Waals surface area contributed by atoms with E-state index in [1.54, 1.807) is 25.3 Å². The van der Waals surface area contributed by atoms with Gasteiger partial charge in [0.2, 0.25) is 0 Å². The predicted octanol–water partition coefficient (Wildman–Crippen LogP) is 6.76. The van der Waals surface area contributed by atoms with Crippen LogP contribution in [-0.4, -0.2) is 82.7 Å². The maximum atomic E-state index is 12.7. The fourth-order valence-electron chi connectivity index (χ4n) is 6.07. The van der Waals surface area contributed by atoms with Crippen molar-refractivity contribution >= 4 is 46.2 Å². The molecular weight excluding hydrogens is 671 g/mol. The van der Waals surface area contributed by atoms with E-state index in [1.807, 2.05) is 0 Å². The number of carbonyl (C=O) groups is 2. The van der Waals surface area contributed by atoms with Crippen LogP contribution in [0.3, 0.4) is 0 Å². The van der Waals surface area contributed by atoms with Gasteiger partial charge < -0.3 is 30.3 Å². The molecule has 3 heterocycles. The van der Waals surface area contributed by atoms with Gasteiger partial charge in [0, 0.05) is 34.3 Å². The number of aliphatic carboxylic acids is 2. The summed E-state index contributed by atoms with van der Waals surface area (Å²) < 4.78 is 43.5. The number of nitrogens with one attached hydrogen (secondary N) is 1. The zero-order valence-corrected chi connectivity index (χ0v) is 28.2. The molecule has 0 amide bonds. The Morgan fingerprint density at radius 3 is 2.35 bits per heavy atom. The second kappa shape index (κ2) is 17.0. The number of thioether (sulfide) groups is 1. The molecule has 2 aliphatic heterocycles. The first-order valence-electron chi connectivity index (χ1n) is 15.8.